The van der Waals surface area contributed by atoms with Gasteiger partial charge in [0.05, 0.1) is 29.4 Å². The van der Waals surface area contributed by atoms with Gasteiger partial charge in [-0.3, -0.25) is 4.98 Å². The van der Waals surface area contributed by atoms with E-state index in [0.717, 1.165) is 56.1 Å². The molecule has 0 amide bonds. The molecule has 6 heteroatoms. The Hall–Kier alpha value is -3.95. The molecule has 1 N–H and O–H groups in total. The Kier molecular flexibility index (Phi) is 5.46. The fraction of sp³-hybridized carbons (Fsp3) is 0.276. The molecule has 4 aromatic rings. The van der Waals surface area contributed by atoms with Crippen molar-refractivity contribution in [3.8, 4) is 22.9 Å². The van der Waals surface area contributed by atoms with Crippen molar-refractivity contribution in [2.24, 2.45) is 0 Å². The van der Waals surface area contributed by atoms with Crippen molar-refractivity contribution in [1.82, 2.24) is 4.98 Å². The van der Waals surface area contributed by atoms with Gasteiger partial charge in [0.25, 0.3) is 0 Å². The van der Waals surface area contributed by atoms with Crippen molar-refractivity contribution in [1.29, 1.82) is 5.26 Å². The van der Waals surface area contributed by atoms with Crippen molar-refractivity contribution >= 4 is 27.6 Å². The number of carboxylic acids is 1. The van der Waals surface area contributed by atoms with Crippen molar-refractivity contribution in [3.63, 3.8) is 0 Å². The number of carboxylic acid groups (broad SMARTS) is 1. The highest BCUT2D eigenvalue weighted by molar-refractivity contribution is 6.09. The second-order valence-corrected chi connectivity index (χ2v) is 9.88. The van der Waals surface area contributed by atoms with E-state index in [1.54, 1.807) is 12.3 Å². The van der Waals surface area contributed by atoms with Crippen LogP contribution in [0.2, 0.25) is 0 Å². The minimum atomic E-state index is -1.19. The van der Waals surface area contributed by atoms with Crippen LogP contribution in [0.5, 0.6) is 5.75 Å². The molecule has 6 nitrogen and oxygen atoms in total. The zero-order chi connectivity index (χ0) is 24.9. The monoisotopic (exact) mass is 466 g/mol. The summed E-state index contributed by atoms with van der Waals surface area (Å²) in [5.74, 6) is -0.277. The van der Waals surface area contributed by atoms with E-state index in [1.165, 1.54) is 0 Å². The molecule has 0 spiro atoms. The average molecular weight is 467 g/mol. The van der Waals surface area contributed by atoms with Gasteiger partial charge in [0, 0.05) is 29.1 Å². The summed E-state index contributed by atoms with van der Waals surface area (Å²) in [7, 11) is 0. The average Bonchev–Trinajstić information content (AvgIpc) is 2.82. The van der Waals surface area contributed by atoms with E-state index in [9.17, 15) is 15.2 Å². The minimum absolute atomic E-state index is 0.541. The Morgan fingerprint density at radius 3 is 2.71 bits per heavy atom. The first kappa shape index (κ1) is 22.8. The highest BCUT2D eigenvalue weighted by atomic mass is 16.5. The maximum Gasteiger partial charge on any atom is 0.337 e. The summed E-state index contributed by atoms with van der Waals surface area (Å²) in [5, 5.41) is 22.4. The molecule has 1 atom stereocenters. The molecular formula is C29H26N2O4. The summed E-state index contributed by atoms with van der Waals surface area (Å²) in [5.41, 5.74) is 4.70. The van der Waals surface area contributed by atoms with E-state index in [1.807, 2.05) is 64.1 Å². The van der Waals surface area contributed by atoms with Crippen LogP contribution >= 0.6 is 0 Å². The molecule has 35 heavy (non-hydrogen) atoms. The Morgan fingerprint density at radius 1 is 1.20 bits per heavy atom. The van der Waals surface area contributed by atoms with Gasteiger partial charge in [-0.25, -0.2) is 4.79 Å². The van der Waals surface area contributed by atoms with Gasteiger partial charge in [0.1, 0.15) is 5.75 Å². The van der Waals surface area contributed by atoms with Gasteiger partial charge in [-0.15, -0.1) is 0 Å². The molecule has 3 aromatic carbocycles. The first-order chi connectivity index (χ1) is 16.7. The van der Waals surface area contributed by atoms with Crippen LogP contribution in [0.15, 0.2) is 48.7 Å². The molecule has 0 radical (unpaired) electrons. The molecule has 0 saturated carbocycles. The normalized spacial score (nSPS) is 13.9. The molecule has 0 unspecified atom stereocenters. The highest BCUT2D eigenvalue weighted by Crippen LogP contribution is 2.45. The summed E-state index contributed by atoms with van der Waals surface area (Å²) in [6.07, 6.45) is 1.39. The van der Waals surface area contributed by atoms with Crippen LogP contribution in [-0.2, 0) is 16.0 Å². The van der Waals surface area contributed by atoms with E-state index < -0.39 is 17.7 Å². The number of ether oxygens (including phenoxy) is 2. The number of aromatic nitrogens is 1. The summed E-state index contributed by atoms with van der Waals surface area (Å²) in [6, 6.07) is 15.5. The van der Waals surface area contributed by atoms with E-state index in [2.05, 4.69) is 6.07 Å². The lowest BCUT2D eigenvalue weighted by Gasteiger charge is -2.29. The van der Waals surface area contributed by atoms with Crippen LogP contribution in [0.4, 0.5) is 0 Å². The van der Waals surface area contributed by atoms with Crippen molar-refractivity contribution in [3.05, 3.63) is 70.9 Å². The van der Waals surface area contributed by atoms with Crippen LogP contribution in [0, 0.1) is 18.3 Å². The van der Waals surface area contributed by atoms with E-state index in [4.69, 9.17) is 14.5 Å². The predicted molar refractivity (Wildman–Crippen MR) is 135 cm³/mol. The predicted octanol–water partition coefficient (Wildman–Crippen LogP) is 6.11. The van der Waals surface area contributed by atoms with E-state index in [-0.39, 0.29) is 0 Å². The number of rotatable bonds is 4. The van der Waals surface area contributed by atoms with Gasteiger partial charge in [-0.2, -0.15) is 5.26 Å². The SMILES string of the molecule is Cc1cc2cc(C#N)ccc2c(-c2ccc3c4c(ccnc24)CCO3)c1[C@H](OC(C)(C)C)C(=O)O. The molecule has 1 aliphatic rings. The van der Waals surface area contributed by atoms with E-state index in [0.29, 0.717) is 17.7 Å². The molecule has 5 rings (SSSR count). The van der Waals surface area contributed by atoms with Crippen LogP contribution in [0.25, 0.3) is 32.8 Å². The molecule has 2 heterocycles. The van der Waals surface area contributed by atoms with Gasteiger partial charge >= 0.3 is 5.97 Å². The molecule has 1 aliphatic heterocycles. The number of carbonyl (C=O) groups is 1. The summed E-state index contributed by atoms with van der Waals surface area (Å²) in [6.45, 7) is 8.04. The molecule has 0 fully saturated rings. The zero-order valence-electron chi connectivity index (χ0n) is 20.2. The number of nitriles is 1. The zero-order valence-corrected chi connectivity index (χ0v) is 20.2. The maximum absolute atomic E-state index is 12.6. The second-order valence-electron chi connectivity index (χ2n) is 9.88. The molecule has 0 saturated heterocycles. The lowest BCUT2D eigenvalue weighted by molar-refractivity contribution is -0.160. The lowest BCUT2D eigenvalue weighted by atomic mass is 9.85. The number of benzene rings is 3. The summed E-state index contributed by atoms with van der Waals surface area (Å²) in [4.78, 5) is 17.3. The first-order valence-electron chi connectivity index (χ1n) is 11.6. The third-order valence-corrected chi connectivity index (χ3v) is 6.31. The molecular weight excluding hydrogens is 440 g/mol. The van der Waals surface area contributed by atoms with E-state index >= 15 is 0 Å². The Morgan fingerprint density at radius 2 is 2.00 bits per heavy atom. The lowest BCUT2D eigenvalue weighted by Crippen LogP contribution is -2.28. The number of hydrogen-bond acceptors (Lipinski definition) is 5. The number of hydrogen-bond donors (Lipinski definition) is 1. The van der Waals surface area contributed by atoms with Crippen molar-refractivity contribution < 1.29 is 19.4 Å². The number of pyridine rings is 1. The first-order valence-corrected chi connectivity index (χ1v) is 11.6. The number of aliphatic carboxylic acids is 1. The topological polar surface area (TPSA) is 92.4 Å². The molecule has 1 aromatic heterocycles. The van der Waals surface area contributed by atoms with Crippen LogP contribution in [0.3, 0.4) is 0 Å². The Labute approximate surface area is 203 Å². The largest absolute Gasteiger partial charge is 0.493 e. The van der Waals surface area contributed by atoms with Crippen LogP contribution in [-0.4, -0.2) is 28.3 Å². The van der Waals surface area contributed by atoms with Gasteiger partial charge in [0.2, 0.25) is 0 Å². The third kappa shape index (κ3) is 3.98. The van der Waals surface area contributed by atoms with Gasteiger partial charge < -0.3 is 14.6 Å². The fourth-order valence-corrected chi connectivity index (χ4v) is 4.95. The number of nitrogens with zero attached hydrogens (tertiary/aromatic N) is 2. The third-order valence-electron chi connectivity index (χ3n) is 6.31. The van der Waals surface area contributed by atoms with Crippen molar-refractivity contribution in [2.75, 3.05) is 6.61 Å². The van der Waals surface area contributed by atoms with Gasteiger partial charge in [-0.1, -0.05) is 12.1 Å². The molecule has 0 bridgehead atoms. The smallest absolute Gasteiger partial charge is 0.337 e. The van der Waals surface area contributed by atoms with Crippen LogP contribution < -0.4 is 4.74 Å². The Bertz CT molecular complexity index is 1530. The summed E-state index contributed by atoms with van der Waals surface area (Å²) >= 11 is 0. The molecule has 176 valence electrons. The number of aryl methyl sites for hydroxylation is 1. The molecule has 0 aliphatic carbocycles. The quantitative estimate of drug-likeness (QED) is 0.390. The second kappa shape index (κ2) is 8.37. The van der Waals surface area contributed by atoms with Crippen LogP contribution in [0.1, 0.15) is 49.1 Å². The standard InChI is InChI=1S/C29H26N2O4/c1-16-13-19-14-17(15-30)5-6-20(19)25(23(16)27(28(32)33)35-29(2,3)4)21-7-8-22-24-18(10-12-34-22)9-11-31-26(21)24/h5-9,11,13-14,27H,10,12H2,1-4H3,(H,32,33)/t27-/m0/s1. The number of fused-ring (bicyclic) bond motifs is 1. The Balaban J connectivity index is 1.92. The van der Waals surface area contributed by atoms with Gasteiger partial charge in [-0.05, 0) is 85.5 Å². The fourth-order valence-electron chi connectivity index (χ4n) is 4.95. The summed E-state index contributed by atoms with van der Waals surface area (Å²) < 4.78 is 12.0. The van der Waals surface area contributed by atoms with Gasteiger partial charge in [0.15, 0.2) is 6.10 Å². The highest BCUT2D eigenvalue weighted by Gasteiger charge is 2.32. The van der Waals surface area contributed by atoms with Crippen molar-refractivity contribution in [2.45, 2.75) is 45.8 Å². The maximum atomic E-state index is 12.6. The minimum Gasteiger partial charge on any atom is -0.493 e.